The highest BCUT2D eigenvalue weighted by atomic mass is 16.4. The molecule has 0 aliphatic carbocycles. The second-order valence-corrected chi connectivity index (χ2v) is 4.29. The smallest absolute Gasteiger partial charge is 0.336 e. The zero-order valence-electron chi connectivity index (χ0n) is 9.45. The lowest BCUT2D eigenvalue weighted by Crippen LogP contribution is -2.46. The number of hydrogen-bond acceptors (Lipinski definition) is 3. The first kappa shape index (κ1) is 13.4. The van der Waals surface area contributed by atoms with Crippen LogP contribution in [-0.4, -0.2) is 46.8 Å². The molecule has 4 nitrogen and oxygen atoms in total. The summed E-state index contributed by atoms with van der Waals surface area (Å²) in [5, 5.41) is 18.2. The van der Waals surface area contributed by atoms with Crippen LogP contribution >= 0.6 is 0 Å². The Bertz CT molecular complexity index is 192. The van der Waals surface area contributed by atoms with Gasteiger partial charge in [-0.3, -0.25) is 0 Å². The lowest BCUT2D eigenvalue weighted by Gasteiger charge is -2.27. The molecule has 84 valence electrons. The van der Waals surface area contributed by atoms with Gasteiger partial charge in [0.1, 0.15) is 0 Å². The Labute approximate surface area is 85.5 Å². The third-order valence-corrected chi connectivity index (χ3v) is 2.36. The van der Waals surface area contributed by atoms with Crippen LogP contribution in [0.2, 0.25) is 0 Å². The summed E-state index contributed by atoms with van der Waals surface area (Å²) in [5.74, 6) is -0.655. The Morgan fingerprint density at radius 1 is 1.57 bits per heavy atom. The number of carbonyl (C=O) groups is 1. The minimum atomic E-state index is -1.65. The molecule has 0 aliphatic heterocycles. The summed E-state index contributed by atoms with van der Waals surface area (Å²) in [4.78, 5) is 12.5. The monoisotopic (exact) mass is 203 g/mol. The molecule has 2 unspecified atom stereocenters. The van der Waals surface area contributed by atoms with Crippen molar-refractivity contribution < 1.29 is 15.0 Å². The molecule has 0 bridgehead atoms. The number of rotatable bonds is 6. The standard InChI is InChI=1S/C10H21NO3/c1-5-8(2)6-11(4)7-10(3,14)9(12)13/h8,14H,5-7H2,1-4H3,(H,12,13). The van der Waals surface area contributed by atoms with E-state index in [2.05, 4.69) is 13.8 Å². The molecule has 0 aromatic carbocycles. The Morgan fingerprint density at radius 3 is 2.43 bits per heavy atom. The van der Waals surface area contributed by atoms with E-state index in [0.717, 1.165) is 13.0 Å². The molecule has 0 fully saturated rings. The molecule has 0 aromatic heterocycles. The maximum Gasteiger partial charge on any atom is 0.336 e. The summed E-state index contributed by atoms with van der Waals surface area (Å²) in [6.07, 6.45) is 1.06. The molecular formula is C10H21NO3. The van der Waals surface area contributed by atoms with Crippen molar-refractivity contribution >= 4 is 5.97 Å². The molecule has 0 aromatic rings. The van der Waals surface area contributed by atoms with E-state index < -0.39 is 11.6 Å². The fourth-order valence-electron chi connectivity index (χ4n) is 1.32. The minimum absolute atomic E-state index is 0.159. The highest BCUT2D eigenvalue weighted by Gasteiger charge is 2.31. The van der Waals surface area contributed by atoms with Crippen LogP contribution < -0.4 is 0 Å². The van der Waals surface area contributed by atoms with Gasteiger partial charge in [0.15, 0.2) is 5.60 Å². The van der Waals surface area contributed by atoms with Crippen LogP contribution in [0.5, 0.6) is 0 Å². The second kappa shape index (κ2) is 5.32. The van der Waals surface area contributed by atoms with Crippen LogP contribution in [-0.2, 0) is 4.79 Å². The van der Waals surface area contributed by atoms with Gasteiger partial charge in [-0.2, -0.15) is 0 Å². The van der Waals surface area contributed by atoms with E-state index in [-0.39, 0.29) is 6.54 Å². The third-order valence-electron chi connectivity index (χ3n) is 2.36. The van der Waals surface area contributed by atoms with Crippen LogP contribution in [0.15, 0.2) is 0 Å². The van der Waals surface area contributed by atoms with Crippen molar-refractivity contribution in [2.24, 2.45) is 5.92 Å². The van der Waals surface area contributed by atoms with E-state index in [9.17, 15) is 9.90 Å². The van der Waals surface area contributed by atoms with Crippen LogP contribution in [0.25, 0.3) is 0 Å². The van der Waals surface area contributed by atoms with Gasteiger partial charge in [-0.25, -0.2) is 4.79 Å². The van der Waals surface area contributed by atoms with E-state index in [1.807, 2.05) is 11.9 Å². The van der Waals surface area contributed by atoms with Gasteiger partial charge in [0.2, 0.25) is 0 Å². The van der Waals surface area contributed by atoms with Crippen LogP contribution in [0, 0.1) is 5.92 Å². The summed E-state index contributed by atoms with van der Waals surface area (Å²) >= 11 is 0. The Balaban J connectivity index is 4.05. The van der Waals surface area contributed by atoms with Gasteiger partial charge >= 0.3 is 5.97 Å². The normalized spacial score (nSPS) is 17.9. The van der Waals surface area contributed by atoms with Gasteiger partial charge in [0, 0.05) is 13.1 Å². The topological polar surface area (TPSA) is 60.8 Å². The fraction of sp³-hybridized carbons (Fsp3) is 0.900. The Kier molecular flexibility index (Phi) is 5.08. The molecule has 4 heteroatoms. The molecule has 0 amide bonds. The number of nitrogens with zero attached hydrogens (tertiary/aromatic N) is 1. The van der Waals surface area contributed by atoms with Crippen molar-refractivity contribution in [3.8, 4) is 0 Å². The summed E-state index contributed by atoms with van der Waals surface area (Å²) in [6, 6.07) is 0. The number of hydrogen-bond donors (Lipinski definition) is 2. The fourth-order valence-corrected chi connectivity index (χ4v) is 1.32. The minimum Gasteiger partial charge on any atom is -0.479 e. The van der Waals surface area contributed by atoms with Crippen molar-refractivity contribution in [2.75, 3.05) is 20.1 Å². The SMILES string of the molecule is CCC(C)CN(C)CC(C)(O)C(=O)O. The first-order valence-electron chi connectivity index (χ1n) is 4.94. The first-order chi connectivity index (χ1) is 6.29. The lowest BCUT2D eigenvalue weighted by atomic mass is 10.1. The molecule has 0 radical (unpaired) electrons. The average molecular weight is 203 g/mol. The van der Waals surface area contributed by atoms with Gasteiger partial charge in [-0.05, 0) is 19.9 Å². The van der Waals surface area contributed by atoms with Gasteiger partial charge in [0.05, 0.1) is 0 Å². The average Bonchev–Trinajstić information content (AvgIpc) is 2.02. The molecular weight excluding hydrogens is 182 g/mol. The van der Waals surface area contributed by atoms with Crippen molar-refractivity contribution in [3.05, 3.63) is 0 Å². The van der Waals surface area contributed by atoms with Gasteiger partial charge < -0.3 is 15.1 Å². The van der Waals surface area contributed by atoms with E-state index >= 15 is 0 Å². The number of likely N-dealkylation sites (N-methyl/N-ethyl adjacent to an activating group) is 1. The molecule has 0 spiro atoms. The van der Waals surface area contributed by atoms with Crippen LogP contribution in [0.4, 0.5) is 0 Å². The van der Waals surface area contributed by atoms with Crippen molar-refractivity contribution in [2.45, 2.75) is 32.8 Å². The Morgan fingerprint density at radius 2 is 2.07 bits per heavy atom. The van der Waals surface area contributed by atoms with Crippen molar-refractivity contribution in [1.82, 2.24) is 4.90 Å². The summed E-state index contributed by atoms with van der Waals surface area (Å²) in [5.41, 5.74) is -1.65. The Hall–Kier alpha value is -0.610. The van der Waals surface area contributed by atoms with Crippen LogP contribution in [0.3, 0.4) is 0 Å². The number of aliphatic carboxylic acids is 1. The largest absolute Gasteiger partial charge is 0.479 e. The quantitative estimate of drug-likeness (QED) is 0.670. The highest BCUT2D eigenvalue weighted by Crippen LogP contribution is 2.08. The number of carboxylic acids is 1. The van der Waals surface area contributed by atoms with Crippen LogP contribution in [0.1, 0.15) is 27.2 Å². The third kappa shape index (κ3) is 4.58. The van der Waals surface area contributed by atoms with E-state index in [1.165, 1.54) is 6.92 Å². The predicted molar refractivity (Wildman–Crippen MR) is 55.2 cm³/mol. The molecule has 2 atom stereocenters. The lowest BCUT2D eigenvalue weighted by molar-refractivity contribution is -0.158. The maximum absolute atomic E-state index is 10.6. The zero-order valence-corrected chi connectivity index (χ0v) is 9.45. The molecule has 2 N–H and O–H groups in total. The van der Waals surface area contributed by atoms with Crippen molar-refractivity contribution in [3.63, 3.8) is 0 Å². The molecule has 14 heavy (non-hydrogen) atoms. The molecule has 0 heterocycles. The van der Waals surface area contributed by atoms with Gasteiger partial charge in [-0.1, -0.05) is 20.3 Å². The highest BCUT2D eigenvalue weighted by molar-refractivity contribution is 5.76. The summed E-state index contributed by atoms with van der Waals surface area (Å²) in [7, 11) is 1.82. The first-order valence-corrected chi connectivity index (χ1v) is 4.94. The number of aliphatic hydroxyl groups is 1. The molecule has 0 saturated heterocycles. The van der Waals surface area contributed by atoms with E-state index in [0.29, 0.717) is 5.92 Å². The van der Waals surface area contributed by atoms with E-state index in [4.69, 9.17) is 5.11 Å². The molecule has 0 aliphatic rings. The summed E-state index contributed by atoms with van der Waals surface area (Å²) < 4.78 is 0. The maximum atomic E-state index is 10.6. The van der Waals surface area contributed by atoms with E-state index in [1.54, 1.807) is 0 Å². The zero-order chi connectivity index (χ0) is 11.4. The van der Waals surface area contributed by atoms with Gasteiger partial charge in [-0.15, -0.1) is 0 Å². The molecule has 0 saturated carbocycles. The number of carboxylic acid groups (broad SMARTS) is 1. The predicted octanol–water partition coefficient (Wildman–Crippen LogP) is 0.800. The van der Waals surface area contributed by atoms with Crippen molar-refractivity contribution in [1.29, 1.82) is 0 Å². The second-order valence-electron chi connectivity index (χ2n) is 4.29. The summed E-state index contributed by atoms with van der Waals surface area (Å²) in [6.45, 7) is 6.48. The van der Waals surface area contributed by atoms with Gasteiger partial charge in [0.25, 0.3) is 0 Å². The molecule has 0 rings (SSSR count).